The summed E-state index contributed by atoms with van der Waals surface area (Å²) in [5.41, 5.74) is 6.26. The molecule has 1 aromatic carbocycles. The van der Waals surface area contributed by atoms with Crippen molar-refractivity contribution in [1.82, 2.24) is 14.8 Å². The van der Waals surface area contributed by atoms with E-state index in [2.05, 4.69) is 15.5 Å². The Hall–Kier alpha value is -3.25. The van der Waals surface area contributed by atoms with E-state index in [1.807, 2.05) is 17.5 Å². The molecule has 12 heteroatoms. The number of hydrogen-bond acceptors (Lipinski definition) is 8. The standard InChI is InChI=1S/C18H18N6O4S2/c1-11-4-5-12(24(27)28)9-13(11)20-16(26)10-30-18-22-21-17(14-3-2-8-29-14)23(18)7-6-15(19)25/h2-5,8-9H,6-7,10H2,1H3,(H2,19,25)(H,20,26). The van der Waals surface area contributed by atoms with Crippen LogP contribution in [0.3, 0.4) is 0 Å². The van der Waals surface area contributed by atoms with Crippen LogP contribution in [0.5, 0.6) is 0 Å². The minimum absolute atomic E-state index is 0.0152. The van der Waals surface area contributed by atoms with Gasteiger partial charge in [-0.15, -0.1) is 21.5 Å². The number of hydrogen-bond donors (Lipinski definition) is 2. The number of nitro benzene ring substituents is 1. The number of benzene rings is 1. The van der Waals surface area contributed by atoms with E-state index < -0.39 is 10.8 Å². The summed E-state index contributed by atoms with van der Waals surface area (Å²) >= 11 is 2.64. The van der Waals surface area contributed by atoms with Gasteiger partial charge in [0.05, 0.1) is 21.2 Å². The highest BCUT2D eigenvalue weighted by Crippen LogP contribution is 2.28. The number of non-ortho nitro benzene ring substituents is 1. The van der Waals surface area contributed by atoms with Crippen LogP contribution in [0.25, 0.3) is 10.7 Å². The molecule has 0 saturated carbocycles. The lowest BCUT2D eigenvalue weighted by Gasteiger charge is -2.10. The Morgan fingerprint density at radius 3 is 2.80 bits per heavy atom. The zero-order valence-electron chi connectivity index (χ0n) is 15.9. The van der Waals surface area contributed by atoms with Crippen LogP contribution in [0.15, 0.2) is 40.9 Å². The average Bonchev–Trinajstić information content (AvgIpc) is 3.35. The molecule has 0 radical (unpaired) electrons. The number of anilines is 1. The molecule has 0 bridgehead atoms. The second kappa shape index (κ2) is 9.50. The van der Waals surface area contributed by atoms with Gasteiger partial charge in [0.2, 0.25) is 11.8 Å². The molecule has 0 aliphatic carbocycles. The van der Waals surface area contributed by atoms with Gasteiger partial charge in [-0.2, -0.15) is 0 Å². The molecule has 3 N–H and O–H groups in total. The number of nitrogens with zero attached hydrogens (tertiary/aromatic N) is 4. The Kier molecular flexibility index (Phi) is 6.79. The smallest absolute Gasteiger partial charge is 0.271 e. The zero-order valence-corrected chi connectivity index (χ0v) is 17.5. The molecule has 0 aliphatic rings. The monoisotopic (exact) mass is 446 g/mol. The van der Waals surface area contributed by atoms with Gasteiger partial charge in [0.25, 0.3) is 5.69 Å². The summed E-state index contributed by atoms with van der Waals surface area (Å²) in [7, 11) is 0. The van der Waals surface area contributed by atoms with E-state index in [-0.39, 0.29) is 23.8 Å². The largest absolute Gasteiger partial charge is 0.370 e. The van der Waals surface area contributed by atoms with Crippen molar-refractivity contribution in [2.45, 2.75) is 25.0 Å². The van der Waals surface area contributed by atoms with Crippen LogP contribution in [0.2, 0.25) is 0 Å². The van der Waals surface area contributed by atoms with Crippen LogP contribution < -0.4 is 11.1 Å². The zero-order chi connectivity index (χ0) is 21.7. The Bertz CT molecular complexity index is 1080. The Labute approximate surface area is 179 Å². The first-order valence-corrected chi connectivity index (χ1v) is 10.6. The van der Waals surface area contributed by atoms with E-state index in [4.69, 9.17) is 5.73 Å². The number of carbonyl (C=O) groups excluding carboxylic acids is 2. The number of amides is 2. The predicted molar refractivity (Wildman–Crippen MR) is 114 cm³/mol. The van der Waals surface area contributed by atoms with Crippen molar-refractivity contribution in [1.29, 1.82) is 0 Å². The van der Waals surface area contributed by atoms with Gasteiger partial charge in [-0.05, 0) is 23.9 Å². The predicted octanol–water partition coefficient (Wildman–Crippen LogP) is 2.83. The van der Waals surface area contributed by atoms with E-state index in [1.165, 1.54) is 23.5 Å². The minimum Gasteiger partial charge on any atom is -0.370 e. The number of nitrogens with two attached hydrogens (primary N) is 1. The molecule has 3 aromatic rings. The maximum atomic E-state index is 12.4. The number of thioether (sulfide) groups is 1. The van der Waals surface area contributed by atoms with Gasteiger partial charge < -0.3 is 15.6 Å². The van der Waals surface area contributed by atoms with E-state index >= 15 is 0 Å². The molecular weight excluding hydrogens is 428 g/mol. The lowest BCUT2D eigenvalue weighted by Crippen LogP contribution is -2.17. The third-order valence-electron chi connectivity index (χ3n) is 4.08. The first-order chi connectivity index (χ1) is 14.3. The summed E-state index contributed by atoms with van der Waals surface area (Å²) < 4.78 is 1.76. The molecule has 2 aromatic heterocycles. The molecule has 2 amide bonds. The summed E-state index contributed by atoms with van der Waals surface area (Å²) in [6.07, 6.45) is 0.114. The van der Waals surface area contributed by atoms with Gasteiger partial charge in [0, 0.05) is 25.1 Å². The molecule has 0 unspecified atom stereocenters. The number of aryl methyl sites for hydroxylation is 1. The maximum Gasteiger partial charge on any atom is 0.271 e. The fourth-order valence-electron chi connectivity index (χ4n) is 2.58. The van der Waals surface area contributed by atoms with Gasteiger partial charge in [-0.25, -0.2) is 0 Å². The van der Waals surface area contributed by atoms with Crippen molar-refractivity contribution in [3.63, 3.8) is 0 Å². The normalized spacial score (nSPS) is 10.7. The van der Waals surface area contributed by atoms with Crippen molar-refractivity contribution in [3.05, 3.63) is 51.4 Å². The van der Waals surface area contributed by atoms with E-state index in [0.29, 0.717) is 28.8 Å². The van der Waals surface area contributed by atoms with E-state index in [1.54, 1.807) is 17.6 Å². The third kappa shape index (κ3) is 5.21. The van der Waals surface area contributed by atoms with Crippen LogP contribution in [0.1, 0.15) is 12.0 Å². The molecule has 2 heterocycles. The topological polar surface area (TPSA) is 146 Å². The highest BCUT2D eigenvalue weighted by molar-refractivity contribution is 7.99. The van der Waals surface area contributed by atoms with Gasteiger partial charge in [0.1, 0.15) is 0 Å². The number of primary amides is 1. The molecule has 0 atom stereocenters. The molecule has 0 saturated heterocycles. The Morgan fingerprint density at radius 1 is 1.33 bits per heavy atom. The number of nitro groups is 1. The Balaban J connectivity index is 1.72. The van der Waals surface area contributed by atoms with E-state index in [9.17, 15) is 19.7 Å². The van der Waals surface area contributed by atoms with Gasteiger partial charge >= 0.3 is 0 Å². The van der Waals surface area contributed by atoms with Gasteiger partial charge in [-0.3, -0.25) is 19.7 Å². The minimum atomic E-state index is -0.517. The number of nitrogens with one attached hydrogen (secondary N) is 1. The molecule has 0 fully saturated rings. The first-order valence-electron chi connectivity index (χ1n) is 8.78. The summed E-state index contributed by atoms with van der Waals surface area (Å²) in [5, 5.41) is 24.3. The number of thiophene rings is 1. The second-order valence-electron chi connectivity index (χ2n) is 6.24. The molecule has 3 rings (SSSR count). The quantitative estimate of drug-likeness (QED) is 0.292. The third-order valence-corrected chi connectivity index (χ3v) is 5.91. The highest BCUT2D eigenvalue weighted by atomic mass is 32.2. The first kappa shape index (κ1) is 21.5. The van der Waals surface area contributed by atoms with Gasteiger partial charge in [0.15, 0.2) is 11.0 Å². The summed E-state index contributed by atoms with van der Waals surface area (Å²) in [6.45, 7) is 2.05. The highest BCUT2D eigenvalue weighted by Gasteiger charge is 2.17. The summed E-state index contributed by atoms with van der Waals surface area (Å²) in [6, 6.07) is 8.06. The summed E-state index contributed by atoms with van der Waals surface area (Å²) in [5.74, 6) is -0.175. The molecule has 0 aliphatic heterocycles. The molecule has 0 spiro atoms. The molecule has 30 heavy (non-hydrogen) atoms. The van der Waals surface area contributed by atoms with Crippen molar-refractivity contribution >= 4 is 46.3 Å². The van der Waals surface area contributed by atoms with Crippen LogP contribution in [-0.2, 0) is 16.1 Å². The van der Waals surface area contributed by atoms with Crippen molar-refractivity contribution in [2.24, 2.45) is 5.73 Å². The van der Waals surface area contributed by atoms with Crippen LogP contribution in [0.4, 0.5) is 11.4 Å². The molecular formula is C18H18N6O4S2. The number of carbonyl (C=O) groups is 2. The van der Waals surface area contributed by atoms with Gasteiger partial charge in [-0.1, -0.05) is 23.9 Å². The Morgan fingerprint density at radius 2 is 2.13 bits per heavy atom. The lowest BCUT2D eigenvalue weighted by atomic mass is 10.2. The van der Waals surface area contributed by atoms with E-state index in [0.717, 1.165) is 16.6 Å². The van der Waals surface area contributed by atoms with Crippen LogP contribution >= 0.6 is 23.1 Å². The number of rotatable bonds is 9. The average molecular weight is 447 g/mol. The van der Waals surface area contributed by atoms with Crippen molar-refractivity contribution in [2.75, 3.05) is 11.1 Å². The number of aromatic nitrogens is 3. The fraction of sp³-hybridized carbons (Fsp3) is 0.222. The second-order valence-corrected chi connectivity index (χ2v) is 8.13. The van der Waals surface area contributed by atoms with Crippen molar-refractivity contribution < 1.29 is 14.5 Å². The molecule has 156 valence electrons. The molecule has 10 nitrogen and oxygen atoms in total. The van der Waals surface area contributed by atoms with Crippen molar-refractivity contribution in [3.8, 4) is 10.7 Å². The summed E-state index contributed by atoms with van der Waals surface area (Å²) in [4.78, 5) is 34.9. The van der Waals surface area contributed by atoms with Crippen LogP contribution in [0, 0.1) is 17.0 Å². The maximum absolute atomic E-state index is 12.4. The van der Waals surface area contributed by atoms with Crippen LogP contribution in [-0.4, -0.2) is 37.3 Å². The lowest BCUT2D eigenvalue weighted by molar-refractivity contribution is -0.384. The SMILES string of the molecule is Cc1ccc([N+](=O)[O-])cc1NC(=O)CSc1nnc(-c2cccs2)n1CCC(N)=O. The fourth-order valence-corrected chi connectivity index (χ4v) is 4.06.